The first-order chi connectivity index (χ1) is 13.3. The van der Waals surface area contributed by atoms with Gasteiger partial charge in [0.15, 0.2) is 0 Å². The fourth-order valence-electron chi connectivity index (χ4n) is 3.96. The van der Waals surface area contributed by atoms with Gasteiger partial charge >= 0.3 is 0 Å². The Kier molecular flexibility index (Phi) is 6.25. The molecule has 2 aliphatic rings. The summed E-state index contributed by atoms with van der Waals surface area (Å²) in [4.78, 5) is 40.9. The number of aliphatic hydroxyl groups excluding tert-OH is 1. The highest BCUT2D eigenvalue weighted by molar-refractivity contribution is 5.80. The highest BCUT2D eigenvalue weighted by atomic mass is 16.6. The molecule has 0 aromatic heterocycles. The molecule has 0 bridgehead atoms. The Morgan fingerprint density at radius 3 is 2.68 bits per heavy atom. The number of hydrogen-bond acceptors (Lipinski definition) is 6. The largest absolute Gasteiger partial charge is 0.392 e. The van der Waals surface area contributed by atoms with E-state index >= 15 is 0 Å². The summed E-state index contributed by atoms with van der Waals surface area (Å²) >= 11 is 0. The first-order valence-electron chi connectivity index (χ1n) is 9.52. The Bertz CT molecular complexity index is 756. The zero-order valence-corrected chi connectivity index (χ0v) is 16.0. The zero-order chi connectivity index (χ0) is 20.3. The minimum Gasteiger partial charge on any atom is -0.392 e. The average Bonchev–Trinajstić information content (AvgIpc) is 3.06. The Morgan fingerprint density at radius 2 is 2.04 bits per heavy atom. The normalized spacial score (nSPS) is 23.1. The van der Waals surface area contributed by atoms with Crippen molar-refractivity contribution >= 4 is 17.5 Å². The number of hydrogen-bond donors (Lipinski definition) is 1. The van der Waals surface area contributed by atoms with Gasteiger partial charge in [0.05, 0.1) is 23.5 Å². The van der Waals surface area contributed by atoms with Gasteiger partial charge in [0.1, 0.15) is 0 Å². The number of nitro groups is 1. The summed E-state index contributed by atoms with van der Waals surface area (Å²) in [6.07, 6.45) is 0.451. The van der Waals surface area contributed by atoms with E-state index in [2.05, 4.69) is 4.90 Å². The van der Waals surface area contributed by atoms with Crippen molar-refractivity contribution in [1.29, 1.82) is 0 Å². The molecule has 2 heterocycles. The van der Waals surface area contributed by atoms with Crippen LogP contribution in [0.4, 0.5) is 5.69 Å². The lowest BCUT2D eigenvalue weighted by Crippen LogP contribution is -2.59. The predicted molar refractivity (Wildman–Crippen MR) is 102 cm³/mol. The van der Waals surface area contributed by atoms with E-state index in [0.717, 1.165) is 6.54 Å². The van der Waals surface area contributed by atoms with E-state index in [-0.39, 0.29) is 36.1 Å². The minimum atomic E-state index is -0.471. The molecular formula is C19H26N4O5. The summed E-state index contributed by atoms with van der Waals surface area (Å²) in [6, 6.07) is 5.96. The van der Waals surface area contributed by atoms with Crippen LogP contribution in [0, 0.1) is 10.1 Å². The van der Waals surface area contributed by atoms with Gasteiger partial charge in [-0.05, 0) is 12.0 Å². The van der Waals surface area contributed by atoms with Gasteiger partial charge in [-0.2, -0.15) is 0 Å². The van der Waals surface area contributed by atoms with Crippen LogP contribution in [0.3, 0.4) is 0 Å². The molecule has 0 spiro atoms. The third-order valence-corrected chi connectivity index (χ3v) is 5.44. The molecule has 9 heteroatoms. The number of carbonyl (C=O) groups excluding carboxylic acids is 2. The first kappa shape index (κ1) is 20.2. The fourth-order valence-corrected chi connectivity index (χ4v) is 3.96. The van der Waals surface area contributed by atoms with Crippen molar-refractivity contribution in [2.75, 3.05) is 39.3 Å². The summed E-state index contributed by atoms with van der Waals surface area (Å²) in [7, 11) is 0. The molecule has 2 amide bonds. The highest BCUT2D eigenvalue weighted by Gasteiger charge is 2.34. The van der Waals surface area contributed by atoms with Gasteiger partial charge in [0, 0.05) is 58.3 Å². The Balaban J connectivity index is 1.71. The van der Waals surface area contributed by atoms with E-state index in [1.54, 1.807) is 21.9 Å². The lowest BCUT2D eigenvalue weighted by molar-refractivity contribution is -0.384. The van der Waals surface area contributed by atoms with E-state index in [1.807, 2.05) is 0 Å². The SMILES string of the molecule is CC(=O)N1CCN(C(=O)Cc2cccc([N+](=O)[O-])c2)[C@H](CN2CC[C@@H](O)C2)C1. The zero-order valence-electron chi connectivity index (χ0n) is 16.0. The van der Waals surface area contributed by atoms with Crippen LogP contribution in [0.15, 0.2) is 24.3 Å². The van der Waals surface area contributed by atoms with Gasteiger partial charge in [-0.25, -0.2) is 0 Å². The number of benzene rings is 1. The molecule has 2 fully saturated rings. The molecule has 2 saturated heterocycles. The van der Waals surface area contributed by atoms with Gasteiger partial charge in [-0.3, -0.25) is 24.6 Å². The number of aliphatic hydroxyl groups is 1. The van der Waals surface area contributed by atoms with Crippen molar-refractivity contribution in [2.24, 2.45) is 0 Å². The standard InChI is InChI=1S/C19H26N4O5/c1-14(24)21-7-8-22(17(12-21)11-20-6-5-18(25)13-20)19(26)10-15-3-2-4-16(9-15)23(27)28/h2-4,9,17-18,25H,5-8,10-13H2,1H3/t17-,18-/m1/s1. The topological polar surface area (TPSA) is 107 Å². The Hall–Kier alpha value is -2.52. The minimum absolute atomic E-state index is 0.0164. The van der Waals surface area contributed by atoms with Gasteiger partial charge in [-0.1, -0.05) is 12.1 Å². The van der Waals surface area contributed by atoms with Crippen LogP contribution in [0.1, 0.15) is 18.9 Å². The molecule has 1 N–H and O–H groups in total. The van der Waals surface area contributed by atoms with E-state index < -0.39 is 4.92 Å². The second-order valence-corrected chi connectivity index (χ2v) is 7.51. The molecule has 1 aromatic carbocycles. The lowest BCUT2D eigenvalue weighted by Gasteiger charge is -2.42. The number of amides is 2. The quantitative estimate of drug-likeness (QED) is 0.571. The summed E-state index contributed by atoms with van der Waals surface area (Å²) in [5.74, 6) is -0.120. The van der Waals surface area contributed by atoms with Crippen molar-refractivity contribution in [1.82, 2.24) is 14.7 Å². The number of nitro benzene ring substituents is 1. The van der Waals surface area contributed by atoms with Gasteiger partial charge in [-0.15, -0.1) is 0 Å². The molecule has 9 nitrogen and oxygen atoms in total. The Labute approximate surface area is 163 Å². The molecule has 2 aliphatic heterocycles. The average molecular weight is 390 g/mol. The van der Waals surface area contributed by atoms with E-state index in [0.29, 0.717) is 44.7 Å². The first-order valence-corrected chi connectivity index (χ1v) is 9.52. The predicted octanol–water partition coefficient (Wildman–Crippen LogP) is 0.263. The number of non-ortho nitro benzene ring substituents is 1. The van der Waals surface area contributed by atoms with Crippen LogP contribution < -0.4 is 0 Å². The maximum atomic E-state index is 13.0. The van der Waals surface area contributed by atoms with Crippen molar-refractivity contribution in [3.63, 3.8) is 0 Å². The smallest absolute Gasteiger partial charge is 0.269 e. The van der Waals surface area contributed by atoms with Crippen molar-refractivity contribution < 1.29 is 19.6 Å². The molecule has 0 saturated carbocycles. The monoisotopic (exact) mass is 390 g/mol. The highest BCUT2D eigenvalue weighted by Crippen LogP contribution is 2.19. The molecule has 28 heavy (non-hydrogen) atoms. The molecule has 0 unspecified atom stereocenters. The van der Waals surface area contributed by atoms with Crippen molar-refractivity contribution in [3.8, 4) is 0 Å². The molecule has 1 aromatic rings. The summed E-state index contributed by atoms with van der Waals surface area (Å²) in [5.41, 5.74) is 0.567. The van der Waals surface area contributed by atoms with Crippen LogP contribution in [-0.4, -0.2) is 88.0 Å². The molecule has 152 valence electrons. The van der Waals surface area contributed by atoms with Gasteiger partial charge < -0.3 is 14.9 Å². The number of carbonyl (C=O) groups is 2. The summed E-state index contributed by atoms with van der Waals surface area (Å²) < 4.78 is 0. The van der Waals surface area contributed by atoms with Crippen molar-refractivity contribution in [2.45, 2.75) is 31.9 Å². The molecule has 0 aliphatic carbocycles. The lowest BCUT2D eigenvalue weighted by atomic mass is 10.1. The Morgan fingerprint density at radius 1 is 1.25 bits per heavy atom. The maximum Gasteiger partial charge on any atom is 0.269 e. The molecule has 0 radical (unpaired) electrons. The van der Waals surface area contributed by atoms with E-state index in [1.165, 1.54) is 19.1 Å². The second-order valence-electron chi connectivity index (χ2n) is 7.51. The van der Waals surface area contributed by atoms with Crippen molar-refractivity contribution in [3.05, 3.63) is 39.9 Å². The number of rotatable bonds is 5. The summed E-state index contributed by atoms with van der Waals surface area (Å²) in [5, 5.41) is 20.7. The van der Waals surface area contributed by atoms with Gasteiger partial charge in [0.25, 0.3) is 5.69 Å². The number of likely N-dealkylation sites (tertiary alicyclic amines) is 1. The number of nitrogens with zero attached hydrogens (tertiary/aromatic N) is 4. The van der Waals surface area contributed by atoms with Crippen LogP contribution in [-0.2, 0) is 16.0 Å². The van der Waals surface area contributed by atoms with Crippen LogP contribution >= 0.6 is 0 Å². The maximum absolute atomic E-state index is 13.0. The number of piperazine rings is 1. The molecular weight excluding hydrogens is 364 g/mol. The van der Waals surface area contributed by atoms with Gasteiger partial charge in [0.2, 0.25) is 11.8 Å². The van der Waals surface area contributed by atoms with E-state index in [9.17, 15) is 24.8 Å². The molecule has 3 rings (SSSR count). The fraction of sp³-hybridized carbons (Fsp3) is 0.579. The number of β-amino-alcohol motifs (C(OH)–C–C–N with tert-alkyl or cyclic N) is 1. The molecule has 2 atom stereocenters. The van der Waals surface area contributed by atoms with Crippen LogP contribution in [0.25, 0.3) is 0 Å². The second kappa shape index (κ2) is 8.66. The van der Waals surface area contributed by atoms with Crippen LogP contribution in [0.5, 0.6) is 0 Å². The third-order valence-electron chi connectivity index (χ3n) is 5.44. The third kappa shape index (κ3) is 4.85. The van der Waals surface area contributed by atoms with E-state index in [4.69, 9.17) is 0 Å². The van der Waals surface area contributed by atoms with Crippen LogP contribution in [0.2, 0.25) is 0 Å². The summed E-state index contributed by atoms with van der Waals surface area (Å²) in [6.45, 7) is 4.85.